The number of nitrogens with one attached hydrogen (secondary N) is 1. The first-order valence-corrected chi connectivity index (χ1v) is 11.9. The smallest absolute Gasteiger partial charge is 0.277 e. The van der Waals surface area contributed by atoms with Crippen LogP contribution in [0, 0.1) is 0 Å². The molecule has 0 saturated heterocycles. The molecule has 36 heavy (non-hydrogen) atoms. The number of anilines is 1. The van der Waals surface area contributed by atoms with Crippen molar-refractivity contribution in [2.45, 2.75) is 26.0 Å². The highest BCUT2D eigenvalue weighted by molar-refractivity contribution is 6.30. The molecule has 0 saturated carbocycles. The first kappa shape index (κ1) is 23.6. The van der Waals surface area contributed by atoms with Gasteiger partial charge in [0.15, 0.2) is 12.3 Å². The van der Waals surface area contributed by atoms with E-state index in [0.29, 0.717) is 23.0 Å². The molecule has 0 aliphatic carbocycles. The Morgan fingerprint density at radius 2 is 1.94 bits per heavy atom. The second-order valence-corrected chi connectivity index (χ2v) is 8.95. The van der Waals surface area contributed by atoms with Gasteiger partial charge in [0.1, 0.15) is 12.0 Å². The van der Waals surface area contributed by atoms with E-state index < -0.39 is 5.91 Å². The van der Waals surface area contributed by atoms with Crippen molar-refractivity contribution < 1.29 is 18.7 Å². The van der Waals surface area contributed by atoms with Crippen LogP contribution < -0.4 is 10.1 Å². The van der Waals surface area contributed by atoms with E-state index in [9.17, 15) is 9.59 Å². The maximum absolute atomic E-state index is 12.5. The van der Waals surface area contributed by atoms with Gasteiger partial charge in [0, 0.05) is 24.2 Å². The number of nitrogens with zero attached hydrogens (tertiary/aromatic N) is 2. The molecule has 1 N–H and O–H groups in total. The molecule has 2 amide bonds. The van der Waals surface area contributed by atoms with Crippen LogP contribution in [0.3, 0.4) is 0 Å². The van der Waals surface area contributed by atoms with E-state index in [2.05, 4.69) is 10.3 Å². The summed E-state index contributed by atoms with van der Waals surface area (Å²) in [5, 5.41) is 3.26. The summed E-state index contributed by atoms with van der Waals surface area (Å²) >= 11 is 5.97. The van der Waals surface area contributed by atoms with Gasteiger partial charge in [0.2, 0.25) is 11.8 Å². The van der Waals surface area contributed by atoms with Gasteiger partial charge in [-0.3, -0.25) is 9.59 Å². The Hall–Kier alpha value is -4.10. The lowest BCUT2D eigenvalue weighted by molar-refractivity contribution is -0.130. The van der Waals surface area contributed by atoms with Crippen molar-refractivity contribution in [1.29, 1.82) is 0 Å². The van der Waals surface area contributed by atoms with Gasteiger partial charge in [0.05, 0.1) is 6.04 Å². The molecule has 182 valence electrons. The molecule has 8 heteroatoms. The highest BCUT2D eigenvalue weighted by Gasteiger charge is 2.30. The number of ether oxygens (including phenoxy) is 1. The summed E-state index contributed by atoms with van der Waals surface area (Å²) in [6, 6.07) is 22.6. The molecule has 7 nitrogen and oxygen atoms in total. The van der Waals surface area contributed by atoms with Crippen LogP contribution in [0.1, 0.15) is 46.0 Å². The van der Waals surface area contributed by atoms with Crippen LogP contribution in [0.25, 0.3) is 0 Å². The van der Waals surface area contributed by atoms with E-state index >= 15 is 0 Å². The van der Waals surface area contributed by atoms with Crippen LogP contribution in [0.4, 0.5) is 5.69 Å². The molecule has 1 unspecified atom stereocenters. The molecule has 4 aromatic rings. The zero-order chi connectivity index (χ0) is 25.1. The lowest BCUT2D eigenvalue weighted by Gasteiger charge is -2.37. The predicted octanol–water partition coefficient (Wildman–Crippen LogP) is 5.65. The summed E-state index contributed by atoms with van der Waals surface area (Å²) < 4.78 is 11.4. The van der Waals surface area contributed by atoms with Gasteiger partial charge in [-0.1, -0.05) is 54.1 Å². The molecular formula is C28H24ClN3O4. The summed E-state index contributed by atoms with van der Waals surface area (Å²) in [4.78, 5) is 31.0. The van der Waals surface area contributed by atoms with E-state index in [1.807, 2.05) is 53.4 Å². The summed E-state index contributed by atoms with van der Waals surface area (Å²) in [5.74, 6) is 0.525. The zero-order valence-electron chi connectivity index (χ0n) is 19.6. The van der Waals surface area contributed by atoms with Crippen molar-refractivity contribution in [3.8, 4) is 5.75 Å². The summed E-state index contributed by atoms with van der Waals surface area (Å²) in [7, 11) is 0. The second kappa shape index (κ2) is 10.3. The van der Waals surface area contributed by atoms with Gasteiger partial charge in [-0.05, 0) is 53.4 Å². The van der Waals surface area contributed by atoms with Gasteiger partial charge >= 0.3 is 0 Å². The van der Waals surface area contributed by atoms with Crippen molar-refractivity contribution in [2.24, 2.45) is 0 Å². The number of aromatic nitrogens is 1. The van der Waals surface area contributed by atoms with E-state index in [1.54, 1.807) is 31.2 Å². The number of oxazole rings is 1. The van der Waals surface area contributed by atoms with Crippen molar-refractivity contribution in [3.05, 3.63) is 112 Å². The van der Waals surface area contributed by atoms with Gasteiger partial charge in [-0.2, -0.15) is 0 Å². The average molecular weight is 502 g/mol. The Morgan fingerprint density at radius 3 is 2.72 bits per heavy atom. The van der Waals surface area contributed by atoms with Crippen molar-refractivity contribution >= 4 is 29.1 Å². The average Bonchev–Trinajstić information content (AvgIpc) is 3.36. The van der Waals surface area contributed by atoms with Crippen LogP contribution in [-0.4, -0.2) is 28.2 Å². The van der Waals surface area contributed by atoms with Gasteiger partial charge in [-0.15, -0.1) is 0 Å². The Balaban J connectivity index is 1.31. The quantitative estimate of drug-likeness (QED) is 0.369. The molecule has 2 heterocycles. The van der Waals surface area contributed by atoms with E-state index in [-0.39, 0.29) is 30.1 Å². The number of carbonyl (C=O) groups is 2. The normalized spacial score (nSPS) is 14.7. The Bertz CT molecular complexity index is 1400. The first-order chi connectivity index (χ1) is 17.5. The number of halogens is 1. The minimum Gasteiger partial charge on any atom is -0.484 e. The van der Waals surface area contributed by atoms with Gasteiger partial charge < -0.3 is 19.4 Å². The third-order valence-electron chi connectivity index (χ3n) is 6.09. The van der Waals surface area contributed by atoms with Crippen molar-refractivity contribution in [1.82, 2.24) is 9.88 Å². The minimum absolute atomic E-state index is 0.0317. The lowest BCUT2D eigenvalue weighted by Crippen LogP contribution is -2.39. The molecule has 1 aromatic heterocycles. The van der Waals surface area contributed by atoms with Gasteiger partial charge in [-0.25, -0.2) is 4.98 Å². The second-order valence-electron chi connectivity index (χ2n) is 8.52. The summed E-state index contributed by atoms with van der Waals surface area (Å²) in [6.45, 7) is 2.32. The number of carbonyl (C=O) groups excluding carboxylic acids is 2. The predicted molar refractivity (Wildman–Crippen MR) is 136 cm³/mol. The van der Waals surface area contributed by atoms with E-state index in [4.69, 9.17) is 20.8 Å². The van der Waals surface area contributed by atoms with Crippen molar-refractivity contribution in [3.63, 3.8) is 0 Å². The van der Waals surface area contributed by atoms with Crippen LogP contribution in [0.5, 0.6) is 5.75 Å². The molecule has 1 atom stereocenters. The number of hydrogen-bond acceptors (Lipinski definition) is 5. The van der Waals surface area contributed by atoms with Crippen molar-refractivity contribution in [2.75, 3.05) is 11.9 Å². The molecule has 0 spiro atoms. The van der Waals surface area contributed by atoms with Crippen LogP contribution in [0.15, 0.2) is 83.5 Å². The Labute approximate surface area is 213 Å². The Kier molecular flexibility index (Phi) is 6.73. The van der Waals surface area contributed by atoms with Crippen LogP contribution in [-0.2, 0) is 17.8 Å². The molecule has 0 radical (unpaired) electrons. The molecule has 5 rings (SSSR count). The fourth-order valence-corrected chi connectivity index (χ4v) is 4.60. The first-order valence-electron chi connectivity index (χ1n) is 11.6. The highest BCUT2D eigenvalue weighted by Crippen LogP contribution is 2.37. The van der Waals surface area contributed by atoms with Crippen LogP contribution >= 0.6 is 11.6 Å². The molecule has 1 aliphatic heterocycles. The number of amides is 2. The SMILES string of the molecule is CC(=O)N1CCc2ccc(OCc3nc(C(=O)Nc4cccc(Cl)c4)co3)cc2C1c1ccccc1. The standard InChI is InChI=1S/C28H24ClN3O4/c1-18(33)32-13-12-19-10-11-23(15-24(19)27(32)20-6-3-2-4-7-20)35-17-26-31-25(16-36-26)28(34)30-22-9-5-8-21(29)14-22/h2-11,14-16,27H,12-13,17H2,1H3,(H,30,34). The number of rotatable bonds is 6. The van der Waals surface area contributed by atoms with Gasteiger partial charge in [0.25, 0.3) is 5.91 Å². The third-order valence-corrected chi connectivity index (χ3v) is 6.33. The molecule has 0 bridgehead atoms. The zero-order valence-corrected chi connectivity index (χ0v) is 20.4. The summed E-state index contributed by atoms with van der Waals surface area (Å²) in [6.07, 6.45) is 2.07. The molecule has 0 fully saturated rings. The largest absolute Gasteiger partial charge is 0.484 e. The number of fused-ring (bicyclic) bond motifs is 1. The summed E-state index contributed by atoms with van der Waals surface area (Å²) in [5.41, 5.74) is 3.97. The monoisotopic (exact) mass is 501 g/mol. The lowest BCUT2D eigenvalue weighted by atomic mass is 9.88. The minimum atomic E-state index is -0.406. The topological polar surface area (TPSA) is 84.7 Å². The molecule has 1 aliphatic rings. The van der Waals surface area contributed by atoms with E-state index in [0.717, 1.165) is 17.5 Å². The maximum atomic E-state index is 12.5. The number of benzene rings is 3. The fraction of sp³-hybridized carbons (Fsp3) is 0.179. The molecule has 3 aromatic carbocycles. The maximum Gasteiger partial charge on any atom is 0.277 e. The van der Waals surface area contributed by atoms with Crippen LogP contribution in [0.2, 0.25) is 5.02 Å². The molecular weight excluding hydrogens is 478 g/mol. The highest BCUT2D eigenvalue weighted by atomic mass is 35.5. The number of hydrogen-bond donors (Lipinski definition) is 1. The van der Waals surface area contributed by atoms with E-state index in [1.165, 1.54) is 11.8 Å². The fourth-order valence-electron chi connectivity index (χ4n) is 4.40. The third kappa shape index (κ3) is 5.11. The Morgan fingerprint density at radius 1 is 1.11 bits per heavy atom.